The molecule has 3 N–H and O–H groups in total. The Kier molecular flexibility index (Phi) is 5.07. The van der Waals surface area contributed by atoms with Gasteiger partial charge < -0.3 is 11.1 Å². The van der Waals surface area contributed by atoms with Gasteiger partial charge in [0.15, 0.2) is 0 Å². The summed E-state index contributed by atoms with van der Waals surface area (Å²) in [6.45, 7) is 0. The average Bonchev–Trinajstić information content (AvgIpc) is 2.45. The second-order valence-corrected chi connectivity index (χ2v) is 6.36. The van der Waals surface area contributed by atoms with Gasteiger partial charge in [-0.15, -0.1) is 11.8 Å². The van der Waals surface area contributed by atoms with E-state index in [1.54, 1.807) is 6.07 Å². The van der Waals surface area contributed by atoms with Crippen molar-refractivity contribution < 1.29 is 9.18 Å². The fourth-order valence-electron chi connectivity index (χ4n) is 2.54. The van der Waals surface area contributed by atoms with Crippen molar-refractivity contribution >= 4 is 23.4 Å². The number of nitriles is 1. The lowest BCUT2D eigenvalue weighted by atomic mass is 9.83. The lowest BCUT2D eigenvalue weighted by Crippen LogP contribution is -2.49. The number of benzene rings is 1. The number of hydrogen-bond donors (Lipinski definition) is 2. The van der Waals surface area contributed by atoms with E-state index < -0.39 is 11.4 Å². The van der Waals surface area contributed by atoms with E-state index in [2.05, 4.69) is 11.4 Å². The molecule has 1 fully saturated rings. The maximum Gasteiger partial charge on any atom is 0.231 e. The van der Waals surface area contributed by atoms with Crippen molar-refractivity contribution in [1.29, 1.82) is 5.26 Å². The summed E-state index contributed by atoms with van der Waals surface area (Å²) < 4.78 is 13.2. The number of rotatable bonds is 4. The van der Waals surface area contributed by atoms with Crippen LogP contribution < -0.4 is 11.1 Å². The van der Waals surface area contributed by atoms with Crippen LogP contribution in [0, 0.1) is 17.1 Å². The first kappa shape index (κ1) is 15.6. The number of halogens is 1. The van der Waals surface area contributed by atoms with E-state index in [0.29, 0.717) is 23.4 Å². The molecule has 0 saturated heterocycles. The summed E-state index contributed by atoms with van der Waals surface area (Å²) in [5.41, 5.74) is 5.17. The third kappa shape index (κ3) is 4.36. The molecular formula is C15H18FN3OS. The third-order valence-electron chi connectivity index (χ3n) is 3.56. The van der Waals surface area contributed by atoms with Gasteiger partial charge in [0.25, 0.3) is 0 Å². The molecule has 0 spiro atoms. The Bertz CT molecular complexity index is 544. The molecule has 0 bridgehead atoms. The van der Waals surface area contributed by atoms with Crippen molar-refractivity contribution in [3.8, 4) is 6.07 Å². The molecule has 112 valence electrons. The molecule has 6 heteroatoms. The van der Waals surface area contributed by atoms with E-state index in [9.17, 15) is 14.4 Å². The van der Waals surface area contributed by atoms with E-state index >= 15 is 0 Å². The number of thioether (sulfide) groups is 1. The lowest BCUT2D eigenvalue weighted by molar-refractivity contribution is -0.120. The predicted octanol–water partition coefficient (Wildman–Crippen LogP) is 2.84. The molecule has 0 atom stereocenters. The Morgan fingerprint density at radius 2 is 2.10 bits per heavy atom. The SMILES string of the molecule is N#CC1(NC(=O)CSc2cc(N)cc(F)c2)CCCCC1. The number of carbonyl (C=O) groups is 1. The molecule has 0 aliphatic heterocycles. The Morgan fingerprint density at radius 3 is 2.71 bits per heavy atom. The molecule has 1 amide bonds. The van der Waals surface area contributed by atoms with Crippen LogP contribution in [-0.2, 0) is 4.79 Å². The smallest absolute Gasteiger partial charge is 0.231 e. The number of nitrogen functional groups attached to an aromatic ring is 1. The van der Waals surface area contributed by atoms with E-state index in [-0.39, 0.29) is 11.7 Å². The minimum Gasteiger partial charge on any atom is -0.399 e. The molecule has 1 aromatic rings. The highest BCUT2D eigenvalue weighted by Gasteiger charge is 2.33. The zero-order chi connectivity index (χ0) is 15.3. The maximum atomic E-state index is 13.2. The van der Waals surface area contributed by atoms with Crippen LogP contribution in [0.1, 0.15) is 32.1 Å². The van der Waals surface area contributed by atoms with Crippen molar-refractivity contribution in [3.63, 3.8) is 0 Å². The summed E-state index contributed by atoms with van der Waals surface area (Å²) in [6.07, 6.45) is 4.43. The molecule has 1 saturated carbocycles. The first-order valence-corrected chi connectivity index (χ1v) is 7.93. The Labute approximate surface area is 127 Å². The van der Waals surface area contributed by atoms with Crippen LogP contribution in [0.2, 0.25) is 0 Å². The van der Waals surface area contributed by atoms with Gasteiger partial charge in [-0.3, -0.25) is 4.79 Å². The van der Waals surface area contributed by atoms with Crippen molar-refractivity contribution in [3.05, 3.63) is 24.0 Å². The van der Waals surface area contributed by atoms with Gasteiger partial charge in [0.1, 0.15) is 11.4 Å². The summed E-state index contributed by atoms with van der Waals surface area (Å²) in [6, 6.07) is 6.45. The number of nitrogens with one attached hydrogen (secondary N) is 1. The van der Waals surface area contributed by atoms with E-state index in [1.807, 2.05) is 0 Å². The van der Waals surface area contributed by atoms with Gasteiger partial charge in [-0.1, -0.05) is 19.3 Å². The Morgan fingerprint density at radius 1 is 1.38 bits per heavy atom. The van der Waals surface area contributed by atoms with Crippen molar-refractivity contribution in [2.24, 2.45) is 0 Å². The van der Waals surface area contributed by atoms with Gasteiger partial charge in [0.2, 0.25) is 5.91 Å². The first-order valence-electron chi connectivity index (χ1n) is 6.94. The number of nitrogens with zero attached hydrogens (tertiary/aromatic N) is 1. The van der Waals surface area contributed by atoms with E-state index in [1.165, 1.54) is 23.9 Å². The fraction of sp³-hybridized carbons (Fsp3) is 0.467. The van der Waals surface area contributed by atoms with Crippen LogP contribution in [0.4, 0.5) is 10.1 Å². The van der Waals surface area contributed by atoms with Crippen LogP contribution in [0.15, 0.2) is 23.1 Å². The van der Waals surface area contributed by atoms with Crippen molar-refractivity contribution in [2.45, 2.75) is 42.5 Å². The highest BCUT2D eigenvalue weighted by atomic mass is 32.2. The van der Waals surface area contributed by atoms with Crippen LogP contribution in [-0.4, -0.2) is 17.2 Å². The zero-order valence-corrected chi connectivity index (χ0v) is 12.5. The molecule has 4 nitrogen and oxygen atoms in total. The molecule has 0 heterocycles. The van der Waals surface area contributed by atoms with Gasteiger partial charge in [0, 0.05) is 10.6 Å². The minimum absolute atomic E-state index is 0.145. The van der Waals surface area contributed by atoms with Gasteiger partial charge in [-0.05, 0) is 31.0 Å². The third-order valence-corrected chi connectivity index (χ3v) is 4.54. The second-order valence-electron chi connectivity index (χ2n) is 5.31. The van der Waals surface area contributed by atoms with E-state index in [0.717, 1.165) is 19.3 Å². The van der Waals surface area contributed by atoms with Crippen LogP contribution in [0.5, 0.6) is 0 Å². The molecule has 21 heavy (non-hydrogen) atoms. The zero-order valence-electron chi connectivity index (χ0n) is 11.7. The van der Waals surface area contributed by atoms with Gasteiger partial charge in [-0.25, -0.2) is 4.39 Å². The molecule has 2 rings (SSSR count). The van der Waals surface area contributed by atoms with Gasteiger partial charge in [-0.2, -0.15) is 5.26 Å². The normalized spacial score (nSPS) is 17.0. The van der Waals surface area contributed by atoms with Gasteiger partial charge >= 0.3 is 0 Å². The Balaban J connectivity index is 1.91. The highest BCUT2D eigenvalue weighted by Crippen LogP contribution is 2.28. The van der Waals surface area contributed by atoms with Gasteiger partial charge in [0.05, 0.1) is 11.8 Å². The quantitative estimate of drug-likeness (QED) is 0.662. The largest absolute Gasteiger partial charge is 0.399 e. The summed E-state index contributed by atoms with van der Waals surface area (Å²) in [4.78, 5) is 12.6. The number of carbonyl (C=O) groups excluding carboxylic acids is 1. The fourth-order valence-corrected chi connectivity index (χ4v) is 3.32. The molecular weight excluding hydrogens is 289 g/mol. The maximum absolute atomic E-state index is 13.2. The average molecular weight is 307 g/mol. The first-order chi connectivity index (χ1) is 10.0. The standard InChI is InChI=1S/C15H18FN3OS/c16-11-6-12(18)8-13(7-11)21-9-14(20)19-15(10-17)4-2-1-3-5-15/h6-8H,1-5,9,18H2,(H,19,20). The molecule has 0 radical (unpaired) electrons. The minimum atomic E-state index is -0.725. The van der Waals surface area contributed by atoms with Crippen LogP contribution >= 0.6 is 11.8 Å². The highest BCUT2D eigenvalue weighted by molar-refractivity contribution is 8.00. The Hall–Kier alpha value is -1.74. The number of amides is 1. The predicted molar refractivity (Wildman–Crippen MR) is 81.1 cm³/mol. The lowest BCUT2D eigenvalue weighted by Gasteiger charge is -2.31. The molecule has 1 aromatic carbocycles. The molecule has 0 aromatic heterocycles. The van der Waals surface area contributed by atoms with Crippen LogP contribution in [0.25, 0.3) is 0 Å². The summed E-state index contributed by atoms with van der Waals surface area (Å²) >= 11 is 1.21. The molecule has 1 aliphatic rings. The topological polar surface area (TPSA) is 78.9 Å². The van der Waals surface area contributed by atoms with E-state index in [4.69, 9.17) is 5.73 Å². The summed E-state index contributed by atoms with van der Waals surface area (Å²) in [5.74, 6) is -0.475. The second kappa shape index (κ2) is 6.81. The number of nitrogens with two attached hydrogens (primary N) is 1. The number of hydrogen-bond acceptors (Lipinski definition) is 4. The summed E-state index contributed by atoms with van der Waals surface area (Å²) in [7, 11) is 0. The molecule has 0 unspecified atom stereocenters. The summed E-state index contributed by atoms with van der Waals surface area (Å²) in [5, 5.41) is 12.1. The number of anilines is 1. The van der Waals surface area contributed by atoms with Crippen LogP contribution in [0.3, 0.4) is 0 Å². The van der Waals surface area contributed by atoms with Crippen molar-refractivity contribution in [1.82, 2.24) is 5.32 Å². The monoisotopic (exact) mass is 307 g/mol. The molecule has 1 aliphatic carbocycles. The van der Waals surface area contributed by atoms with Crippen molar-refractivity contribution in [2.75, 3.05) is 11.5 Å².